The number of hydrogen-bond donors (Lipinski definition) is 3. The molecular formula is C21H32O4. The first-order valence-electron chi connectivity index (χ1n) is 9.93. The lowest BCUT2D eigenvalue weighted by atomic mass is 9.42. The molecule has 4 rings (SSSR count). The SMILES string of the molecule is CC(=O)C1CCC2(O)C3(C)CC=C4CC(O)CCC4C3CC(O)C12C. The van der Waals surface area contributed by atoms with Gasteiger partial charge in [-0.2, -0.15) is 0 Å². The molecule has 25 heavy (non-hydrogen) atoms. The fourth-order valence-electron chi connectivity index (χ4n) is 7.35. The van der Waals surface area contributed by atoms with Crippen LogP contribution in [0.3, 0.4) is 0 Å². The van der Waals surface area contributed by atoms with Crippen molar-refractivity contribution in [1.29, 1.82) is 0 Å². The first-order valence-corrected chi connectivity index (χ1v) is 9.93. The molecule has 4 heteroatoms. The van der Waals surface area contributed by atoms with Gasteiger partial charge in [-0.1, -0.05) is 25.5 Å². The van der Waals surface area contributed by atoms with Crippen LogP contribution in [-0.2, 0) is 4.79 Å². The van der Waals surface area contributed by atoms with E-state index in [2.05, 4.69) is 13.0 Å². The van der Waals surface area contributed by atoms with Crippen molar-refractivity contribution in [2.75, 3.05) is 0 Å². The summed E-state index contributed by atoms with van der Waals surface area (Å²) in [5.74, 6) is 0.400. The van der Waals surface area contributed by atoms with Gasteiger partial charge < -0.3 is 15.3 Å². The van der Waals surface area contributed by atoms with Gasteiger partial charge in [-0.3, -0.25) is 4.79 Å². The molecule has 0 aliphatic heterocycles. The van der Waals surface area contributed by atoms with Crippen LogP contribution in [0.4, 0.5) is 0 Å². The molecule has 0 aromatic rings. The number of carbonyl (C=O) groups excluding carboxylic acids is 1. The van der Waals surface area contributed by atoms with Gasteiger partial charge in [0.1, 0.15) is 5.78 Å². The van der Waals surface area contributed by atoms with Crippen LogP contribution < -0.4 is 0 Å². The minimum atomic E-state index is -1.02. The first-order chi connectivity index (χ1) is 11.6. The Bertz CT molecular complexity index is 627. The molecule has 4 aliphatic carbocycles. The maximum Gasteiger partial charge on any atom is 0.133 e. The Hall–Kier alpha value is -0.710. The largest absolute Gasteiger partial charge is 0.393 e. The number of aliphatic hydroxyl groups is 3. The molecule has 0 spiro atoms. The molecule has 3 fully saturated rings. The number of aliphatic hydroxyl groups excluding tert-OH is 2. The van der Waals surface area contributed by atoms with Crippen molar-refractivity contribution in [3.8, 4) is 0 Å². The van der Waals surface area contributed by atoms with E-state index in [-0.39, 0.29) is 29.1 Å². The van der Waals surface area contributed by atoms with Crippen molar-refractivity contribution in [3.63, 3.8) is 0 Å². The van der Waals surface area contributed by atoms with E-state index in [1.165, 1.54) is 5.57 Å². The monoisotopic (exact) mass is 348 g/mol. The average Bonchev–Trinajstić information content (AvgIpc) is 2.84. The minimum Gasteiger partial charge on any atom is -0.393 e. The van der Waals surface area contributed by atoms with Crippen LogP contribution in [0.25, 0.3) is 0 Å². The number of fused-ring (bicyclic) bond motifs is 5. The number of hydrogen-bond acceptors (Lipinski definition) is 4. The average molecular weight is 348 g/mol. The highest BCUT2D eigenvalue weighted by Crippen LogP contribution is 2.70. The molecule has 4 aliphatic rings. The van der Waals surface area contributed by atoms with Crippen LogP contribution in [0.15, 0.2) is 11.6 Å². The molecule has 8 atom stereocenters. The van der Waals surface area contributed by atoms with Crippen LogP contribution in [0.5, 0.6) is 0 Å². The maximum atomic E-state index is 12.3. The summed E-state index contributed by atoms with van der Waals surface area (Å²) in [6.45, 7) is 5.73. The number of allylic oxidation sites excluding steroid dienone is 1. The lowest BCUT2D eigenvalue weighted by Crippen LogP contribution is -2.69. The zero-order valence-electron chi connectivity index (χ0n) is 15.7. The summed E-state index contributed by atoms with van der Waals surface area (Å²) < 4.78 is 0. The first kappa shape index (κ1) is 17.7. The Balaban J connectivity index is 1.79. The maximum absolute atomic E-state index is 12.3. The Morgan fingerprint density at radius 3 is 2.60 bits per heavy atom. The van der Waals surface area contributed by atoms with E-state index in [1.807, 2.05) is 6.92 Å². The van der Waals surface area contributed by atoms with Crippen LogP contribution >= 0.6 is 0 Å². The topological polar surface area (TPSA) is 77.8 Å². The highest BCUT2D eigenvalue weighted by atomic mass is 16.3. The number of carbonyl (C=O) groups is 1. The van der Waals surface area contributed by atoms with Crippen LogP contribution in [0.2, 0.25) is 0 Å². The summed E-state index contributed by atoms with van der Waals surface area (Å²) in [7, 11) is 0. The van der Waals surface area contributed by atoms with E-state index in [0.717, 1.165) is 25.7 Å². The zero-order valence-corrected chi connectivity index (χ0v) is 15.7. The quantitative estimate of drug-likeness (QED) is 0.637. The van der Waals surface area contributed by atoms with Crippen LogP contribution in [0, 0.1) is 28.6 Å². The fourth-order valence-corrected chi connectivity index (χ4v) is 7.35. The predicted octanol–water partition coefficient (Wildman–Crippen LogP) is 2.60. The second-order valence-corrected chi connectivity index (χ2v) is 9.65. The van der Waals surface area contributed by atoms with Crippen molar-refractivity contribution in [1.82, 2.24) is 0 Å². The number of rotatable bonds is 1. The Morgan fingerprint density at radius 2 is 1.92 bits per heavy atom. The molecule has 4 nitrogen and oxygen atoms in total. The van der Waals surface area contributed by atoms with Gasteiger partial charge in [0.05, 0.1) is 17.8 Å². The van der Waals surface area contributed by atoms with Crippen molar-refractivity contribution < 1.29 is 20.1 Å². The third kappa shape index (κ3) is 2.02. The van der Waals surface area contributed by atoms with Gasteiger partial charge in [0.25, 0.3) is 0 Å². The Morgan fingerprint density at radius 1 is 1.20 bits per heavy atom. The standard InChI is InChI=1S/C21H32O4/c1-12(22)16-7-9-21(25)19(2)8-6-13-10-14(23)4-5-15(13)17(19)11-18(24)20(16,21)3/h6,14-18,23-25H,4-5,7-11H2,1-3H3. The lowest BCUT2D eigenvalue weighted by Gasteiger charge is -2.65. The van der Waals surface area contributed by atoms with Crippen molar-refractivity contribution >= 4 is 5.78 Å². The smallest absolute Gasteiger partial charge is 0.133 e. The molecule has 0 saturated heterocycles. The van der Waals surface area contributed by atoms with Gasteiger partial charge in [-0.05, 0) is 63.7 Å². The Labute approximate surface area is 150 Å². The summed E-state index contributed by atoms with van der Waals surface area (Å²) in [5, 5.41) is 33.1. The molecule has 0 aromatic heterocycles. The molecule has 140 valence electrons. The van der Waals surface area contributed by atoms with E-state index in [9.17, 15) is 20.1 Å². The summed E-state index contributed by atoms with van der Waals surface area (Å²) in [4.78, 5) is 12.3. The fraction of sp³-hybridized carbons (Fsp3) is 0.857. The van der Waals surface area contributed by atoms with E-state index < -0.39 is 17.1 Å². The Kier molecular flexibility index (Phi) is 3.82. The third-order valence-electron chi connectivity index (χ3n) is 8.87. The zero-order chi connectivity index (χ0) is 18.2. The van der Waals surface area contributed by atoms with Crippen molar-refractivity contribution in [2.24, 2.45) is 28.6 Å². The summed E-state index contributed by atoms with van der Waals surface area (Å²) in [6.07, 6.45) is 6.51. The van der Waals surface area contributed by atoms with Gasteiger partial charge in [-0.15, -0.1) is 0 Å². The van der Waals surface area contributed by atoms with Crippen molar-refractivity contribution in [3.05, 3.63) is 11.6 Å². The van der Waals surface area contributed by atoms with E-state index in [4.69, 9.17) is 0 Å². The van der Waals surface area contributed by atoms with Crippen LogP contribution in [-0.4, -0.2) is 38.9 Å². The molecule has 3 N–H and O–H groups in total. The third-order valence-corrected chi connectivity index (χ3v) is 8.87. The van der Waals surface area contributed by atoms with E-state index in [0.29, 0.717) is 25.2 Å². The molecule has 0 aromatic carbocycles. The molecule has 8 unspecified atom stereocenters. The molecule has 0 bridgehead atoms. The summed E-state index contributed by atoms with van der Waals surface area (Å²) in [5.41, 5.74) is -0.774. The molecule has 0 heterocycles. The predicted molar refractivity (Wildman–Crippen MR) is 94.7 cm³/mol. The molecular weight excluding hydrogens is 316 g/mol. The minimum absolute atomic E-state index is 0.0901. The van der Waals surface area contributed by atoms with Gasteiger partial charge in [0, 0.05) is 16.7 Å². The van der Waals surface area contributed by atoms with Crippen LogP contribution in [0.1, 0.15) is 65.7 Å². The van der Waals surface area contributed by atoms with Gasteiger partial charge in [-0.25, -0.2) is 0 Å². The van der Waals surface area contributed by atoms with Crippen molar-refractivity contribution in [2.45, 2.75) is 83.5 Å². The number of ketones is 1. The molecule has 0 amide bonds. The van der Waals surface area contributed by atoms with E-state index in [1.54, 1.807) is 6.92 Å². The second kappa shape index (κ2) is 5.40. The summed E-state index contributed by atoms with van der Waals surface area (Å²) in [6, 6.07) is 0. The van der Waals surface area contributed by atoms with Gasteiger partial charge in [0.2, 0.25) is 0 Å². The second-order valence-electron chi connectivity index (χ2n) is 9.65. The highest BCUT2D eigenvalue weighted by molar-refractivity contribution is 5.80. The summed E-state index contributed by atoms with van der Waals surface area (Å²) >= 11 is 0. The highest BCUT2D eigenvalue weighted by Gasteiger charge is 2.73. The molecule has 0 radical (unpaired) electrons. The number of Topliss-reactive ketones (excluding diaryl/α,β-unsaturated/α-hetero) is 1. The van der Waals surface area contributed by atoms with Gasteiger partial charge >= 0.3 is 0 Å². The van der Waals surface area contributed by atoms with Gasteiger partial charge in [0.15, 0.2) is 0 Å². The normalized spacial score (nSPS) is 55.0. The van der Waals surface area contributed by atoms with E-state index >= 15 is 0 Å². The molecule has 3 saturated carbocycles. The lowest BCUT2D eigenvalue weighted by molar-refractivity contribution is -0.253.